The first-order valence-corrected chi connectivity index (χ1v) is 8.16. The van der Waals surface area contributed by atoms with Gasteiger partial charge in [0.1, 0.15) is 0 Å². The van der Waals surface area contributed by atoms with Gasteiger partial charge in [-0.2, -0.15) is 0 Å². The number of carboxylic acids is 1. The lowest BCUT2D eigenvalue weighted by Crippen LogP contribution is -2.41. The first-order valence-electron chi connectivity index (χ1n) is 8.16. The van der Waals surface area contributed by atoms with Crippen molar-refractivity contribution in [2.45, 2.75) is 64.8 Å². The summed E-state index contributed by atoms with van der Waals surface area (Å²) in [6, 6.07) is 2.23. The van der Waals surface area contributed by atoms with Crippen LogP contribution in [0.2, 0.25) is 0 Å². The molecule has 2 rings (SSSR count). The third kappa shape index (κ3) is 4.30. The van der Waals surface area contributed by atoms with Gasteiger partial charge in [-0.25, -0.2) is 8.78 Å². The molecule has 0 saturated carbocycles. The Morgan fingerprint density at radius 3 is 2.12 bits per heavy atom. The van der Waals surface area contributed by atoms with Gasteiger partial charge < -0.3 is 19.2 Å². The number of carboxylic acid groups (broad SMARTS) is 1. The average molecular weight is 356 g/mol. The van der Waals surface area contributed by atoms with Gasteiger partial charge in [-0.05, 0) is 58.6 Å². The zero-order chi connectivity index (χ0) is 19.0. The lowest BCUT2D eigenvalue weighted by molar-refractivity contribution is -0.137. The molecule has 1 N–H and O–H groups in total. The van der Waals surface area contributed by atoms with Gasteiger partial charge in [0, 0.05) is 6.42 Å². The zero-order valence-electron chi connectivity index (χ0n) is 15.1. The number of ether oxygens (including phenoxy) is 1. The quantitative estimate of drug-likeness (QED) is 0.794. The van der Waals surface area contributed by atoms with Crippen LogP contribution in [0.1, 0.15) is 47.5 Å². The zero-order valence-corrected chi connectivity index (χ0v) is 15.1. The van der Waals surface area contributed by atoms with Crippen molar-refractivity contribution >= 4 is 18.6 Å². The summed E-state index contributed by atoms with van der Waals surface area (Å²) >= 11 is 0. The van der Waals surface area contributed by atoms with E-state index in [-0.39, 0.29) is 18.3 Å². The molecule has 0 radical (unpaired) electrons. The van der Waals surface area contributed by atoms with Crippen LogP contribution in [0, 0.1) is 11.6 Å². The molecule has 25 heavy (non-hydrogen) atoms. The van der Waals surface area contributed by atoms with Crippen LogP contribution in [0.5, 0.6) is 5.75 Å². The van der Waals surface area contributed by atoms with Crippen LogP contribution >= 0.6 is 0 Å². The summed E-state index contributed by atoms with van der Waals surface area (Å²) in [5.74, 6) is -3.29. The van der Waals surface area contributed by atoms with E-state index in [1.54, 1.807) is 6.92 Å². The first kappa shape index (κ1) is 19.7. The van der Waals surface area contributed by atoms with E-state index < -0.39 is 47.8 Å². The number of aliphatic carboxylic acids is 1. The summed E-state index contributed by atoms with van der Waals surface area (Å²) in [4.78, 5) is 10.6. The Balaban J connectivity index is 2.17. The van der Waals surface area contributed by atoms with Crippen LogP contribution in [0.15, 0.2) is 12.1 Å². The van der Waals surface area contributed by atoms with E-state index in [1.807, 2.05) is 27.7 Å². The van der Waals surface area contributed by atoms with E-state index in [2.05, 4.69) is 0 Å². The van der Waals surface area contributed by atoms with E-state index in [4.69, 9.17) is 19.2 Å². The number of halogens is 2. The smallest absolute Gasteiger partial charge is 0.485 e. The SMILES string of the molecule is CC(CCC(=O)O)Oc1c(F)cc(B2OC(C)(C)C(C)(C)O2)cc1F. The highest BCUT2D eigenvalue weighted by Crippen LogP contribution is 2.37. The highest BCUT2D eigenvalue weighted by Gasteiger charge is 2.52. The highest BCUT2D eigenvalue weighted by atomic mass is 19.1. The topological polar surface area (TPSA) is 65.0 Å². The van der Waals surface area contributed by atoms with Crippen molar-refractivity contribution in [3.63, 3.8) is 0 Å². The second-order valence-corrected chi connectivity index (χ2v) is 7.26. The van der Waals surface area contributed by atoms with Crippen LogP contribution in [0.4, 0.5) is 8.78 Å². The third-order valence-corrected chi connectivity index (χ3v) is 4.63. The van der Waals surface area contributed by atoms with E-state index in [1.165, 1.54) is 0 Å². The number of hydrogen-bond acceptors (Lipinski definition) is 4. The van der Waals surface area contributed by atoms with E-state index in [0.717, 1.165) is 12.1 Å². The fourth-order valence-electron chi connectivity index (χ4n) is 2.39. The Kier molecular flexibility index (Phi) is 5.44. The molecule has 0 aliphatic carbocycles. The molecule has 138 valence electrons. The molecular formula is C17H23BF2O5. The maximum atomic E-state index is 14.3. The Morgan fingerprint density at radius 2 is 1.68 bits per heavy atom. The standard InChI is InChI=1S/C17H23BF2O5/c1-10(6-7-14(21)22)23-15-12(19)8-11(9-13(15)20)18-24-16(2,3)17(4,5)25-18/h8-10H,6-7H2,1-5H3,(H,21,22). The van der Waals surface area contributed by atoms with Gasteiger partial charge in [0.05, 0.1) is 17.3 Å². The molecule has 1 saturated heterocycles. The Morgan fingerprint density at radius 1 is 1.20 bits per heavy atom. The van der Waals surface area contributed by atoms with Gasteiger partial charge in [-0.15, -0.1) is 0 Å². The van der Waals surface area contributed by atoms with Crippen LogP contribution in [0.25, 0.3) is 0 Å². The van der Waals surface area contributed by atoms with Crippen molar-refractivity contribution in [2.75, 3.05) is 0 Å². The third-order valence-electron chi connectivity index (χ3n) is 4.63. The lowest BCUT2D eigenvalue weighted by atomic mass is 9.79. The molecule has 1 heterocycles. The minimum Gasteiger partial charge on any atom is -0.485 e. The average Bonchev–Trinajstić information content (AvgIpc) is 2.69. The fraction of sp³-hybridized carbons (Fsp3) is 0.588. The van der Waals surface area contributed by atoms with Crippen molar-refractivity contribution in [2.24, 2.45) is 0 Å². The van der Waals surface area contributed by atoms with E-state index in [0.29, 0.717) is 0 Å². The number of benzene rings is 1. The van der Waals surface area contributed by atoms with Crippen molar-refractivity contribution in [1.29, 1.82) is 0 Å². The largest absolute Gasteiger partial charge is 0.495 e. The molecule has 1 aromatic rings. The van der Waals surface area contributed by atoms with Gasteiger partial charge in [-0.3, -0.25) is 4.79 Å². The molecule has 1 aliphatic rings. The number of carbonyl (C=O) groups is 1. The second kappa shape index (κ2) is 6.92. The predicted molar refractivity (Wildman–Crippen MR) is 89.0 cm³/mol. The van der Waals surface area contributed by atoms with Gasteiger partial charge >= 0.3 is 13.1 Å². The Labute approximate surface area is 146 Å². The van der Waals surface area contributed by atoms with Gasteiger partial charge in [0.25, 0.3) is 0 Å². The van der Waals surface area contributed by atoms with E-state index in [9.17, 15) is 13.6 Å². The van der Waals surface area contributed by atoms with Crippen molar-refractivity contribution in [3.8, 4) is 5.75 Å². The Hall–Kier alpha value is -1.67. The fourth-order valence-corrected chi connectivity index (χ4v) is 2.39. The summed E-state index contributed by atoms with van der Waals surface area (Å²) in [7, 11) is -0.882. The van der Waals surface area contributed by atoms with Crippen LogP contribution < -0.4 is 10.2 Å². The molecule has 5 nitrogen and oxygen atoms in total. The summed E-state index contributed by atoms with van der Waals surface area (Å²) in [6.45, 7) is 8.95. The lowest BCUT2D eigenvalue weighted by Gasteiger charge is -2.32. The van der Waals surface area contributed by atoms with Gasteiger partial charge in [0.2, 0.25) is 0 Å². The number of rotatable bonds is 6. The maximum absolute atomic E-state index is 14.3. The van der Waals surface area contributed by atoms with Crippen molar-refractivity contribution < 1.29 is 32.7 Å². The maximum Gasteiger partial charge on any atom is 0.495 e. The summed E-state index contributed by atoms with van der Waals surface area (Å²) in [5.41, 5.74) is -1.02. The summed E-state index contributed by atoms with van der Waals surface area (Å²) in [6.07, 6.45) is -0.633. The molecule has 1 unspecified atom stereocenters. The molecule has 1 aromatic carbocycles. The van der Waals surface area contributed by atoms with Crippen LogP contribution in [0.3, 0.4) is 0 Å². The van der Waals surface area contributed by atoms with Crippen molar-refractivity contribution in [1.82, 2.24) is 0 Å². The summed E-state index contributed by atoms with van der Waals surface area (Å²) < 4.78 is 45.4. The normalized spacial score (nSPS) is 19.7. The molecule has 0 spiro atoms. The molecule has 0 bridgehead atoms. The molecule has 1 atom stereocenters. The predicted octanol–water partition coefficient (Wildman–Crippen LogP) is 2.90. The minimum atomic E-state index is -0.993. The summed E-state index contributed by atoms with van der Waals surface area (Å²) in [5, 5.41) is 8.65. The molecule has 8 heteroatoms. The minimum absolute atomic E-state index is 0.142. The van der Waals surface area contributed by atoms with Gasteiger partial charge in [0.15, 0.2) is 17.4 Å². The Bertz CT molecular complexity index is 623. The monoisotopic (exact) mass is 356 g/mol. The van der Waals surface area contributed by atoms with Crippen molar-refractivity contribution in [3.05, 3.63) is 23.8 Å². The molecule has 1 aliphatic heterocycles. The van der Waals surface area contributed by atoms with E-state index >= 15 is 0 Å². The van der Waals surface area contributed by atoms with Crippen LogP contribution in [-0.2, 0) is 14.1 Å². The first-order chi connectivity index (χ1) is 11.4. The number of hydrogen-bond donors (Lipinski definition) is 1. The highest BCUT2D eigenvalue weighted by molar-refractivity contribution is 6.62. The molecule has 1 fully saturated rings. The molecule has 0 aromatic heterocycles. The van der Waals surface area contributed by atoms with Crippen LogP contribution in [-0.4, -0.2) is 35.5 Å². The molecular weight excluding hydrogens is 333 g/mol. The molecule has 0 amide bonds. The second-order valence-electron chi connectivity index (χ2n) is 7.26. The van der Waals surface area contributed by atoms with Gasteiger partial charge in [-0.1, -0.05) is 0 Å².